The summed E-state index contributed by atoms with van der Waals surface area (Å²) in [5.74, 6) is 0.999. The number of rotatable bonds is 3. The van der Waals surface area contributed by atoms with Crippen LogP contribution in [0.3, 0.4) is 0 Å². The van der Waals surface area contributed by atoms with Gasteiger partial charge in [0.1, 0.15) is 5.82 Å². The predicted octanol–water partition coefficient (Wildman–Crippen LogP) is 2.66. The Kier molecular flexibility index (Phi) is 6.88. The highest BCUT2D eigenvalue weighted by molar-refractivity contribution is 5.85. The van der Waals surface area contributed by atoms with E-state index >= 15 is 0 Å². The van der Waals surface area contributed by atoms with Gasteiger partial charge in [-0.25, -0.2) is 4.98 Å². The molecule has 0 saturated heterocycles. The Labute approximate surface area is 114 Å². The van der Waals surface area contributed by atoms with Gasteiger partial charge in [0, 0.05) is 30.5 Å². The summed E-state index contributed by atoms with van der Waals surface area (Å²) in [4.78, 5) is 4.41. The maximum Gasteiger partial charge on any atom is 0.140 e. The van der Waals surface area contributed by atoms with Crippen molar-refractivity contribution in [3.63, 3.8) is 0 Å². The lowest BCUT2D eigenvalue weighted by Crippen LogP contribution is -2.12. The van der Waals surface area contributed by atoms with Crippen molar-refractivity contribution in [1.29, 1.82) is 0 Å². The molecule has 3 nitrogen and oxygen atoms in total. The second kappa shape index (κ2) is 7.33. The number of aromatic nitrogens is 2. The number of hydrogen-bond acceptors (Lipinski definition) is 2. The lowest BCUT2D eigenvalue weighted by Gasteiger charge is -2.08. The fraction of sp³-hybridized carbons (Fsp3) is 0.250. The van der Waals surface area contributed by atoms with Gasteiger partial charge >= 0.3 is 0 Å². The first kappa shape index (κ1) is 16.0. The highest BCUT2D eigenvalue weighted by Gasteiger charge is 2.07. The second-order valence-electron chi connectivity index (χ2n) is 3.53. The largest absolute Gasteiger partial charge is 0.329 e. The van der Waals surface area contributed by atoms with Gasteiger partial charge in [0.15, 0.2) is 0 Å². The molecule has 1 aromatic heterocycles. The Bertz CT molecular complexity index is 440. The summed E-state index contributed by atoms with van der Waals surface area (Å²) in [6.07, 6.45) is 1.89. The molecule has 0 radical (unpaired) electrons. The average Bonchev–Trinajstić information content (AvgIpc) is 2.63. The zero-order valence-electron chi connectivity index (χ0n) is 9.67. The molecule has 2 N–H and O–H groups in total. The molecule has 0 aliphatic carbocycles. The van der Waals surface area contributed by atoms with Gasteiger partial charge in [-0.15, -0.1) is 24.8 Å². The van der Waals surface area contributed by atoms with E-state index in [2.05, 4.69) is 28.6 Å². The van der Waals surface area contributed by atoms with Crippen LogP contribution < -0.4 is 5.73 Å². The first-order valence-corrected chi connectivity index (χ1v) is 5.10. The maximum absolute atomic E-state index is 5.59. The summed E-state index contributed by atoms with van der Waals surface area (Å²) in [7, 11) is 0. The van der Waals surface area contributed by atoms with Crippen LogP contribution >= 0.6 is 24.8 Å². The van der Waals surface area contributed by atoms with Crippen molar-refractivity contribution in [2.45, 2.75) is 13.5 Å². The molecule has 0 bridgehead atoms. The number of nitrogens with zero attached hydrogens (tertiary/aromatic N) is 2. The molecule has 2 rings (SSSR count). The molecule has 0 fully saturated rings. The lowest BCUT2D eigenvalue weighted by molar-refractivity contribution is 0.696. The molecule has 0 spiro atoms. The molecular formula is C12H17Cl2N3. The quantitative estimate of drug-likeness (QED) is 0.935. The van der Waals surface area contributed by atoms with Crippen molar-refractivity contribution in [1.82, 2.24) is 9.55 Å². The van der Waals surface area contributed by atoms with Crippen LogP contribution in [0.5, 0.6) is 0 Å². The van der Waals surface area contributed by atoms with Crippen molar-refractivity contribution in [2.24, 2.45) is 5.73 Å². The van der Waals surface area contributed by atoms with E-state index < -0.39 is 0 Å². The molecule has 0 aliphatic heterocycles. The minimum absolute atomic E-state index is 0. The third-order valence-corrected chi connectivity index (χ3v) is 2.44. The van der Waals surface area contributed by atoms with Gasteiger partial charge in [-0.05, 0) is 6.92 Å². The lowest BCUT2D eigenvalue weighted by atomic mass is 10.2. The highest BCUT2D eigenvalue weighted by Crippen LogP contribution is 2.18. The molecule has 0 atom stereocenters. The zero-order chi connectivity index (χ0) is 10.7. The number of aryl methyl sites for hydroxylation is 1. The monoisotopic (exact) mass is 273 g/mol. The number of hydrogen-bond donors (Lipinski definition) is 1. The molecule has 0 saturated carbocycles. The molecule has 0 aliphatic rings. The van der Waals surface area contributed by atoms with Crippen LogP contribution in [0.4, 0.5) is 0 Å². The van der Waals surface area contributed by atoms with E-state index in [9.17, 15) is 0 Å². The third-order valence-electron chi connectivity index (χ3n) is 2.44. The van der Waals surface area contributed by atoms with Crippen molar-refractivity contribution >= 4 is 24.8 Å². The summed E-state index contributed by atoms with van der Waals surface area (Å²) in [5, 5.41) is 0. The second-order valence-corrected chi connectivity index (χ2v) is 3.53. The first-order valence-electron chi connectivity index (χ1n) is 5.10. The van der Waals surface area contributed by atoms with E-state index in [4.69, 9.17) is 5.73 Å². The van der Waals surface area contributed by atoms with Crippen molar-refractivity contribution in [3.05, 3.63) is 42.2 Å². The molecule has 2 aromatic rings. The Morgan fingerprint density at radius 3 is 2.41 bits per heavy atom. The number of nitrogens with two attached hydrogens (primary N) is 1. The van der Waals surface area contributed by atoms with Crippen LogP contribution in [0.1, 0.15) is 5.69 Å². The van der Waals surface area contributed by atoms with E-state index in [0.29, 0.717) is 6.54 Å². The number of imidazole rings is 1. The SMILES string of the molecule is Cc1cnc(-c2ccccc2)n1CCN.Cl.Cl. The highest BCUT2D eigenvalue weighted by atomic mass is 35.5. The van der Waals surface area contributed by atoms with Gasteiger partial charge in [-0.1, -0.05) is 30.3 Å². The van der Waals surface area contributed by atoms with Gasteiger partial charge in [-0.2, -0.15) is 0 Å². The third kappa shape index (κ3) is 3.46. The topological polar surface area (TPSA) is 43.8 Å². The van der Waals surface area contributed by atoms with Crippen LogP contribution in [0.2, 0.25) is 0 Å². The van der Waals surface area contributed by atoms with Crippen molar-refractivity contribution in [2.75, 3.05) is 6.54 Å². The standard InChI is InChI=1S/C12H15N3.2ClH/c1-10-9-14-12(15(10)8-7-13)11-5-3-2-4-6-11;;/h2-6,9H,7-8,13H2,1H3;2*1H. The smallest absolute Gasteiger partial charge is 0.140 e. The summed E-state index contributed by atoms with van der Waals surface area (Å²) in [6, 6.07) is 10.2. The normalized spacial score (nSPS) is 9.29. The first-order chi connectivity index (χ1) is 7.33. The van der Waals surface area contributed by atoms with Gasteiger partial charge in [-0.3, -0.25) is 0 Å². The predicted molar refractivity (Wildman–Crippen MR) is 76.0 cm³/mol. The molecule has 17 heavy (non-hydrogen) atoms. The molecule has 5 heteroatoms. The van der Waals surface area contributed by atoms with E-state index in [1.54, 1.807) is 0 Å². The number of halogens is 2. The molecule has 1 heterocycles. The minimum atomic E-state index is 0. The Morgan fingerprint density at radius 2 is 1.82 bits per heavy atom. The Morgan fingerprint density at radius 1 is 1.18 bits per heavy atom. The van der Waals surface area contributed by atoms with Crippen LogP contribution in [0.25, 0.3) is 11.4 Å². The van der Waals surface area contributed by atoms with Crippen LogP contribution in [-0.2, 0) is 6.54 Å². The minimum Gasteiger partial charge on any atom is -0.329 e. The number of benzene rings is 1. The van der Waals surface area contributed by atoms with Crippen LogP contribution in [0, 0.1) is 6.92 Å². The van der Waals surface area contributed by atoms with Crippen molar-refractivity contribution in [3.8, 4) is 11.4 Å². The van der Waals surface area contributed by atoms with Gasteiger partial charge in [0.25, 0.3) is 0 Å². The molecule has 0 amide bonds. The van der Waals surface area contributed by atoms with Gasteiger partial charge in [0.2, 0.25) is 0 Å². The molecule has 0 unspecified atom stereocenters. The Balaban J connectivity index is 0.00000128. The summed E-state index contributed by atoms with van der Waals surface area (Å²) < 4.78 is 2.15. The molecule has 94 valence electrons. The van der Waals surface area contributed by atoms with Crippen molar-refractivity contribution < 1.29 is 0 Å². The zero-order valence-corrected chi connectivity index (χ0v) is 11.3. The van der Waals surface area contributed by atoms with E-state index in [-0.39, 0.29) is 24.8 Å². The van der Waals surface area contributed by atoms with Gasteiger partial charge < -0.3 is 10.3 Å². The van der Waals surface area contributed by atoms with E-state index in [1.165, 1.54) is 0 Å². The Hall–Kier alpha value is -1.03. The summed E-state index contributed by atoms with van der Waals surface area (Å²) in [6.45, 7) is 3.50. The molecule has 1 aromatic carbocycles. The van der Waals surface area contributed by atoms with Gasteiger partial charge in [0.05, 0.1) is 0 Å². The van der Waals surface area contributed by atoms with Crippen LogP contribution in [-0.4, -0.2) is 16.1 Å². The fourth-order valence-electron chi connectivity index (χ4n) is 1.69. The fourth-order valence-corrected chi connectivity index (χ4v) is 1.69. The average molecular weight is 274 g/mol. The van der Waals surface area contributed by atoms with E-state index in [1.807, 2.05) is 24.4 Å². The summed E-state index contributed by atoms with van der Waals surface area (Å²) in [5.41, 5.74) is 7.88. The summed E-state index contributed by atoms with van der Waals surface area (Å²) >= 11 is 0. The van der Waals surface area contributed by atoms with E-state index in [0.717, 1.165) is 23.6 Å². The molecular weight excluding hydrogens is 257 g/mol. The van der Waals surface area contributed by atoms with Crippen LogP contribution in [0.15, 0.2) is 36.5 Å². The maximum atomic E-state index is 5.59.